The predicted molar refractivity (Wildman–Crippen MR) is 135 cm³/mol. The number of thiophene rings is 1. The lowest BCUT2D eigenvalue weighted by Gasteiger charge is -2.13. The maximum atomic E-state index is 13.5. The summed E-state index contributed by atoms with van der Waals surface area (Å²) in [5.74, 6) is -0.0921. The van der Waals surface area contributed by atoms with Gasteiger partial charge in [0.2, 0.25) is 5.91 Å². The molecule has 0 atom stereocenters. The Morgan fingerprint density at radius 2 is 1.91 bits per heavy atom. The first-order chi connectivity index (χ1) is 15.2. The predicted octanol–water partition coefficient (Wildman–Crippen LogP) is 6.41. The molecule has 0 radical (unpaired) electrons. The highest BCUT2D eigenvalue weighted by molar-refractivity contribution is 7.99. The lowest BCUT2D eigenvalue weighted by molar-refractivity contribution is -0.113. The molecule has 0 bridgehead atoms. The Labute approximate surface area is 203 Å². The van der Waals surface area contributed by atoms with Gasteiger partial charge in [-0.1, -0.05) is 47.1 Å². The minimum Gasteiger partial charge on any atom is -0.325 e. The molecule has 2 aromatic carbocycles. The molecule has 0 unspecified atom stereocenters. The molecular formula is C23H19Cl2N3O2S2. The zero-order valence-corrected chi connectivity index (χ0v) is 20.7. The van der Waals surface area contributed by atoms with Gasteiger partial charge in [0, 0.05) is 10.6 Å². The van der Waals surface area contributed by atoms with Crippen LogP contribution in [0.5, 0.6) is 0 Å². The van der Waals surface area contributed by atoms with Crippen LogP contribution in [-0.2, 0) is 4.79 Å². The van der Waals surface area contributed by atoms with Crippen LogP contribution >= 0.6 is 46.3 Å². The van der Waals surface area contributed by atoms with Crippen molar-refractivity contribution in [2.75, 3.05) is 11.1 Å². The summed E-state index contributed by atoms with van der Waals surface area (Å²) < 4.78 is 1.49. The van der Waals surface area contributed by atoms with Crippen molar-refractivity contribution in [3.63, 3.8) is 0 Å². The standard InChI is InChI=1S/C23H19Cl2N3O2S2/c1-12-5-4-6-15(9-12)26-19(29)11-31-23-27-21-20(13(2)14(3)32-21)22(30)28(23)16-7-8-17(24)18(25)10-16/h4-10H,11H2,1-3H3,(H,26,29). The monoisotopic (exact) mass is 503 g/mol. The van der Waals surface area contributed by atoms with Crippen LogP contribution in [0.4, 0.5) is 5.69 Å². The van der Waals surface area contributed by atoms with Gasteiger partial charge in [-0.05, 0) is 62.2 Å². The van der Waals surface area contributed by atoms with Crippen molar-refractivity contribution in [2.24, 2.45) is 0 Å². The van der Waals surface area contributed by atoms with E-state index in [1.807, 2.05) is 45.0 Å². The Kier molecular flexibility index (Phi) is 6.62. The van der Waals surface area contributed by atoms with Crippen molar-refractivity contribution in [2.45, 2.75) is 25.9 Å². The number of aromatic nitrogens is 2. The molecule has 1 N–H and O–H groups in total. The van der Waals surface area contributed by atoms with E-state index in [-0.39, 0.29) is 17.2 Å². The van der Waals surface area contributed by atoms with E-state index in [1.165, 1.54) is 27.7 Å². The first-order valence-corrected chi connectivity index (χ1v) is 12.3. The van der Waals surface area contributed by atoms with E-state index in [4.69, 9.17) is 28.2 Å². The number of nitrogens with one attached hydrogen (secondary N) is 1. The number of hydrogen-bond acceptors (Lipinski definition) is 5. The molecule has 1 amide bonds. The Morgan fingerprint density at radius 1 is 1.12 bits per heavy atom. The molecule has 0 saturated heterocycles. The van der Waals surface area contributed by atoms with Gasteiger partial charge in [0.25, 0.3) is 5.56 Å². The molecule has 0 fully saturated rings. The van der Waals surface area contributed by atoms with E-state index >= 15 is 0 Å². The van der Waals surface area contributed by atoms with Gasteiger partial charge in [-0.25, -0.2) is 4.98 Å². The third-order valence-corrected chi connectivity index (χ3v) is 7.75. The molecule has 0 aliphatic carbocycles. The van der Waals surface area contributed by atoms with Crippen molar-refractivity contribution >= 4 is 68.1 Å². The number of fused-ring (bicyclic) bond motifs is 1. The van der Waals surface area contributed by atoms with Gasteiger partial charge in [0.1, 0.15) is 4.83 Å². The number of carbonyl (C=O) groups is 1. The summed E-state index contributed by atoms with van der Waals surface area (Å²) in [4.78, 5) is 32.5. The summed E-state index contributed by atoms with van der Waals surface area (Å²) in [6.45, 7) is 5.84. The number of benzene rings is 2. The van der Waals surface area contributed by atoms with E-state index in [1.54, 1.807) is 18.2 Å². The number of aryl methyl sites for hydroxylation is 3. The van der Waals surface area contributed by atoms with Crippen LogP contribution in [-0.4, -0.2) is 21.2 Å². The molecule has 2 heterocycles. The smallest absolute Gasteiger partial charge is 0.267 e. The Balaban J connectivity index is 1.73. The molecule has 32 heavy (non-hydrogen) atoms. The lowest BCUT2D eigenvalue weighted by atomic mass is 10.2. The number of carbonyl (C=O) groups excluding carboxylic acids is 1. The number of nitrogens with zero attached hydrogens (tertiary/aromatic N) is 2. The minimum atomic E-state index is -0.197. The zero-order chi connectivity index (χ0) is 23.0. The van der Waals surface area contributed by atoms with Gasteiger partial charge in [-0.3, -0.25) is 14.2 Å². The van der Waals surface area contributed by atoms with Crippen molar-refractivity contribution in [3.05, 3.63) is 78.9 Å². The van der Waals surface area contributed by atoms with E-state index < -0.39 is 0 Å². The van der Waals surface area contributed by atoms with Gasteiger partial charge in [-0.15, -0.1) is 11.3 Å². The number of halogens is 2. The quantitative estimate of drug-likeness (QED) is 0.252. The average Bonchev–Trinajstić information content (AvgIpc) is 3.02. The van der Waals surface area contributed by atoms with Crippen molar-refractivity contribution < 1.29 is 4.79 Å². The highest BCUT2D eigenvalue weighted by Gasteiger charge is 2.19. The maximum Gasteiger partial charge on any atom is 0.267 e. The largest absolute Gasteiger partial charge is 0.325 e. The fraction of sp³-hybridized carbons (Fsp3) is 0.174. The minimum absolute atomic E-state index is 0.0938. The topological polar surface area (TPSA) is 64.0 Å². The van der Waals surface area contributed by atoms with Crippen molar-refractivity contribution in [1.82, 2.24) is 9.55 Å². The molecule has 0 spiro atoms. The number of thioether (sulfide) groups is 1. The molecule has 0 aliphatic heterocycles. The molecule has 9 heteroatoms. The molecular weight excluding hydrogens is 485 g/mol. The Morgan fingerprint density at radius 3 is 2.62 bits per heavy atom. The summed E-state index contributed by atoms with van der Waals surface area (Å²) in [6.07, 6.45) is 0. The number of anilines is 1. The normalized spacial score (nSPS) is 11.2. The summed E-state index contributed by atoms with van der Waals surface area (Å²) in [5, 5.41) is 4.61. The van der Waals surface area contributed by atoms with Crippen LogP contribution in [0.15, 0.2) is 52.4 Å². The van der Waals surface area contributed by atoms with Crippen LogP contribution in [0.2, 0.25) is 10.0 Å². The molecule has 0 aliphatic rings. The second kappa shape index (κ2) is 9.27. The van der Waals surface area contributed by atoms with Gasteiger partial charge in [0.05, 0.1) is 26.9 Å². The zero-order valence-electron chi connectivity index (χ0n) is 17.5. The van der Waals surface area contributed by atoms with Crippen molar-refractivity contribution in [1.29, 1.82) is 0 Å². The van der Waals surface area contributed by atoms with E-state index in [0.717, 1.165) is 21.7 Å². The van der Waals surface area contributed by atoms with Crippen LogP contribution < -0.4 is 10.9 Å². The highest BCUT2D eigenvalue weighted by Crippen LogP contribution is 2.31. The third kappa shape index (κ3) is 4.57. The first kappa shape index (κ1) is 22.9. The SMILES string of the molecule is Cc1cccc(NC(=O)CSc2nc3sc(C)c(C)c3c(=O)n2-c2ccc(Cl)c(Cl)c2)c1. The Hall–Kier alpha value is -2.32. The van der Waals surface area contributed by atoms with Crippen LogP contribution in [0.1, 0.15) is 16.0 Å². The highest BCUT2D eigenvalue weighted by atomic mass is 35.5. The second-order valence-electron chi connectivity index (χ2n) is 7.30. The lowest BCUT2D eigenvalue weighted by Crippen LogP contribution is -2.23. The van der Waals surface area contributed by atoms with E-state index in [2.05, 4.69) is 5.32 Å². The van der Waals surface area contributed by atoms with E-state index in [0.29, 0.717) is 31.1 Å². The van der Waals surface area contributed by atoms with Crippen molar-refractivity contribution in [3.8, 4) is 5.69 Å². The summed E-state index contributed by atoms with van der Waals surface area (Å²) >= 11 is 15.0. The fourth-order valence-corrected chi connectivity index (χ4v) is 5.45. The fourth-order valence-electron chi connectivity index (χ4n) is 3.27. The van der Waals surface area contributed by atoms with E-state index in [9.17, 15) is 9.59 Å². The van der Waals surface area contributed by atoms with Gasteiger partial charge in [0.15, 0.2) is 5.16 Å². The Bertz CT molecular complexity index is 1410. The third-order valence-electron chi connectivity index (χ3n) is 4.97. The molecule has 4 rings (SSSR count). The van der Waals surface area contributed by atoms with Gasteiger partial charge >= 0.3 is 0 Å². The number of rotatable bonds is 5. The van der Waals surface area contributed by atoms with Crippen LogP contribution in [0, 0.1) is 20.8 Å². The second-order valence-corrected chi connectivity index (χ2v) is 10.3. The van der Waals surface area contributed by atoms with Gasteiger partial charge in [-0.2, -0.15) is 0 Å². The maximum absolute atomic E-state index is 13.5. The molecule has 2 aromatic heterocycles. The molecule has 164 valence electrons. The summed E-state index contributed by atoms with van der Waals surface area (Å²) in [6, 6.07) is 12.6. The van der Waals surface area contributed by atoms with Gasteiger partial charge < -0.3 is 5.32 Å². The molecule has 0 saturated carbocycles. The molecule has 5 nitrogen and oxygen atoms in total. The average molecular weight is 504 g/mol. The summed E-state index contributed by atoms with van der Waals surface area (Å²) in [7, 11) is 0. The summed E-state index contributed by atoms with van der Waals surface area (Å²) in [5.41, 5.74) is 3.04. The molecule has 4 aromatic rings. The number of hydrogen-bond donors (Lipinski definition) is 1. The van der Waals surface area contributed by atoms with Crippen LogP contribution in [0.3, 0.4) is 0 Å². The van der Waals surface area contributed by atoms with Crippen LogP contribution in [0.25, 0.3) is 15.9 Å². The first-order valence-electron chi connectivity index (χ1n) is 9.72. The number of amides is 1.